The van der Waals surface area contributed by atoms with Crippen molar-refractivity contribution in [3.63, 3.8) is 0 Å². The maximum atomic E-state index is 5.89. The van der Waals surface area contributed by atoms with Crippen molar-refractivity contribution in [1.82, 2.24) is 0 Å². The van der Waals surface area contributed by atoms with Gasteiger partial charge in [-0.15, -0.1) is 12.4 Å². The van der Waals surface area contributed by atoms with Gasteiger partial charge in [-0.05, 0) is 18.6 Å². The first-order chi connectivity index (χ1) is 5.84. The van der Waals surface area contributed by atoms with Crippen LogP contribution in [0.4, 0.5) is 0 Å². The molecule has 0 aliphatic carbocycles. The van der Waals surface area contributed by atoms with Crippen molar-refractivity contribution in [3.8, 4) is 0 Å². The van der Waals surface area contributed by atoms with Crippen molar-refractivity contribution < 1.29 is 4.42 Å². The summed E-state index contributed by atoms with van der Waals surface area (Å²) in [5.74, 6) is 0.908. The Hall–Kier alpha value is -0.470. The molecule has 0 amide bonds. The van der Waals surface area contributed by atoms with Gasteiger partial charge in [-0.2, -0.15) is 0 Å². The molecule has 1 aromatic heterocycles. The Morgan fingerprint density at radius 1 is 1.46 bits per heavy atom. The molecule has 1 heterocycles. The third kappa shape index (κ3) is 4.34. The van der Waals surface area contributed by atoms with E-state index in [0.717, 1.165) is 12.2 Å². The van der Waals surface area contributed by atoms with E-state index < -0.39 is 0 Å². The van der Waals surface area contributed by atoms with Crippen LogP contribution in [0.2, 0.25) is 0 Å². The maximum Gasteiger partial charge on any atom is 0.120 e. The highest BCUT2D eigenvalue weighted by Crippen LogP contribution is 2.17. The van der Waals surface area contributed by atoms with Crippen molar-refractivity contribution >= 4 is 12.4 Å². The molecular formula is C10H18ClNO. The van der Waals surface area contributed by atoms with Crippen LogP contribution in [0, 0.1) is 0 Å². The third-order valence-electron chi connectivity index (χ3n) is 2.03. The van der Waals surface area contributed by atoms with Crippen molar-refractivity contribution in [2.24, 2.45) is 5.73 Å². The van der Waals surface area contributed by atoms with E-state index in [1.165, 1.54) is 19.3 Å². The fraction of sp³-hybridized carbons (Fsp3) is 0.600. The van der Waals surface area contributed by atoms with Crippen LogP contribution in [0.15, 0.2) is 22.8 Å². The Kier molecular flexibility index (Phi) is 6.73. The average Bonchev–Trinajstić information content (AvgIpc) is 2.56. The Morgan fingerprint density at radius 2 is 2.23 bits per heavy atom. The van der Waals surface area contributed by atoms with E-state index in [0.29, 0.717) is 0 Å². The van der Waals surface area contributed by atoms with Crippen molar-refractivity contribution in [2.45, 2.75) is 38.6 Å². The minimum absolute atomic E-state index is 0. The Labute approximate surface area is 85.9 Å². The van der Waals surface area contributed by atoms with Crippen LogP contribution in [0.3, 0.4) is 0 Å². The second-order valence-corrected chi connectivity index (χ2v) is 3.12. The molecule has 1 rings (SSSR count). The molecule has 76 valence electrons. The standard InChI is InChI=1S/C10H17NO.ClH/c1-2-3-4-6-9(11)10-7-5-8-12-10;/h5,7-9H,2-4,6,11H2,1H3;1H. The molecule has 13 heavy (non-hydrogen) atoms. The highest BCUT2D eigenvalue weighted by Gasteiger charge is 2.06. The van der Waals surface area contributed by atoms with Crippen molar-refractivity contribution in [1.29, 1.82) is 0 Å². The fourth-order valence-electron chi connectivity index (χ4n) is 1.26. The molecule has 0 fully saturated rings. The van der Waals surface area contributed by atoms with Crippen molar-refractivity contribution in [3.05, 3.63) is 24.2 Å². The zero-order valence-corrected chi connectivity index (χ0v) is 8.85. The number of unbranched alkanes of at least 4 members (excludes halogenated alkanes) is 2. The van der Waals surface area contributed by atoms with E-state index in [4.69, 9.17) is 10.2 Å². The number of furan rings is 1. The van der Waals surface area contributed by atoms with Gasteiger partial charge in [0.15, 0.2) is 0 Å². The van der Waals surface area contributed by atoms with Gasteiger partial charge in [0.05, 0.1) is 12.3 Å². The molecule has 0 saturated heterocycles. The molecule has 2 N–H and O–H groups in total. The summed E-state index contributed by atoms with van der Waals surface area (Å²) in [5.41, 5.74) is 5.89. The molecular weight excluding hydrogens is 186 g/mol. The predicted molar refractivity (Wildman–Crippen MR) is 57.0 cm³/mol. The van der Waals surface area contributed by atoms with Crippen LogP contribution in [-0.2, 0) is 0 Å². The highest BCUT2D eigenvalue weighted by atomic mass is 35.5. The summed E-state index contributed by atoms with van der Waals surface area (Å²) in [6.45, 7) is 2.19. The van der Waals surface area contributed by atoms with Gasteiger partial charge in [-0.25, -0.2) is 0 Å². The molecule has 0 aliphatic rings. The first kappa shape index (κ1) is 12.5. The second-order valence-electron chi connectivity index (χ2n) is 3.12. The van der Waals surface area contributed by atoms with E-state index in [-0.39, 0.29) is 18.4 Å². The largest absolute Gasteiger partial charge is 0.468 e. The smallest absolute Gasteiger partial charge is 0.120 e. The van der Waals surface area contributed by atoms with Gasteiger partial charge in [-0.3, -0.25) is 0 Å². The van der Waals surface area contributed by atoms with Gasteiger partial charge < -0.3 is 10.2 Å². The SMILES string of the molecule is CCCCCC(N)c1ccco1.Cl. The Bertz CT molecular complexity index is 199. The quantitative estimate of drug-likeness (QED) is 0.746. The first-order valence-electron chi connectivity index (χ1n) is 4.63. The van der Waals surface area contributed by atoms with Gasteiger partial charge >= 0.3 is 0 Å². The summed E-state index contributed by atoms with van der Waals surface area (Å²) in [4.78, 5) is 0. The van der Waals surface area contributed by atoms with Gasteiger partial charge in [0.1, 0.15) is 5.76 Å². The molecule has 0 aromatic carbocycles. The molecule has 3 heteroatoms. The average molecular weight is 204 g/mol. The highest BCUT2D eigenvalue weighted by molar-refractivity contribution is 5.85. The molecule has 2 nitrogen and oxygen atoms in total. The van der Waals surface area contributed by atoms with Crippen LogP contribution in [-0.4, -0.2) is 0 Å². The summed E-state index contributed by atoms with van der Waals surface area (Å²) in [5, 5.41) is 0. The summed E-state index contributed by atoms with van der Waals surface area (Å²) in [7, 11) is 0. The fourth-order valence-corrected chi connectivity index (χ4v) is 1.26. The van der Waals surface area contributed by atoms with E-state index in [1.807, 2.05) is 12.1 Å². The number of hydrogen-bond acceptors (Lipinski definition) is 2. The molecule has 0 spiro atoms. The van der Waals surface area contributed by atoms with Crippen molar-refractivity contribution in [2.75, 3.05) is 0 Å². The molecule has 0 radical (unpaired) electrons. The summed E-state index contributed by atoms with van der Waals surface area (Å²) in [6, 6.07) is 3.91. The molecule has 0 bridgehead atoms. The number of rotatable bonds is 5. The van der Waals surface area contributed by atoms with E-state index in [2.05, 4.69) is 6.92 Å². The van der Waals surface area contributed by atoms with E-state index in [1.54, 1.807) is 6.26 Å². The molecule has 1 atom stereocenters. The Balaban J connectivity index is 0.00000144. The first-order valence-corrected chi connectivity index (χ1v) is 4.63. The summed E-state index contributed by atoms with van der Waals surface area (Å²) < 4.78 is 5.20. The number of nitrogens with two attached hydrogens (primary N) is 1. The topological polar surface area (TPSA) is 39.2 Å². The van der Waals surface area contributed by atoms with Crippen LogP contribution in [0.25, 0.3) is 0 Å². The zero-order chi connectivity index (χ0) is 8.81. The predicted octanol–water partition coefficient (Wildman–Crippen LogP) is 3.28. The minimum atomic E-state index is 0. The van der Waals surface area contributed by atoms with Crippen LogP contribution in [0.5, 0.6) is 0 Å². The monoisotopic (exact) mass is 203 g/mol. The lowest BCUT2D eigenvalue weighted by atomic mass is 10.1. The molecule has 0 saturated carbocycles. The number of hydrogen-bond donors (Lipinski definition) is 1. The Morgan fingerprint density at radius 3 is 2.77 bits per heavy atom. The molecule has 0 aliphatic heterocycles. The van der Waals surface area contributed by atoms with Crippen LogP contribution >= 0.6 is 12.4 Å². The summed E-state index contributed by atoms with van der Waals surface area (Å²) >= 11 is 0. The molecule has 1 unspecified atom stereocenters. The second kappa shape index (κ2) is 6.98. The normalized spacial score (nSPS) is 12.2. The van der Waals surface area contributed by atoms with Crippen LogP contribution in [0.1, 0.15) is 44.4 Å². The van der Waals surface area contributed by atoms with Gasteiger partial charge in [0, 0.05) is 0 Å². The van der Waals surface area contributed by atoms with E-state index in [9.17, 15) is 0 Å². The summed E-state index contributed by atoms with van der Waals surface area (Å²) in [6.07, 6.45) is 6.40. The van der Waals surface area contributed by atoms with Crippen LogP contribution < -0.4 is 5.73 Å². The lowest BCUT2D eigenvalue weighted by Crippen LogP contribution is -2.08. The van der Waals surface area contributed by atoms with Gasteiger partial charge in [-0.1, -0.05) is 26.2 Å². The molecule has 1 aromatic rings. The maximum absolute atomic E-state index is 5.89. The zero-order valence-electron chi connectivity index (χ0n) is 8.03. The lowest BCUT2D eigenvalue weighted by molar-refractivity contribution is 0.441. The minimum Gasteiger partial charge on any atom is -0.468 e. The van der Waals surface area contributed by atoms with Gasteiger partial charge in [0.25, 0.3) is 0 Å². The van der Waals surface area contributed by atoms with Gasteiger partial charge in [0.2, 0.25) is 0 Å². The third-order valence-corrected chi connectivity index (χ3v) is 2.03. The number of halogens is 1. The lowest BCUT2D eigenvalue weighted by Gasteiger charge is -2.06. The van der Waals surface area contributed by atoms with E-state index >= 15 is 0 Å².